The summed E-state index contributed by atoms with van der Waals surface area (Å²) in [5.41, 5.74) is -2.20. The van der Waals surface area contributed by atoms with Gasteiger partial charge in [-0.3, -0.25) is 10.1 Å². The SMILES string of the molecule is COc1cc2ncnc(Oc3cccc(CC(=O)Cc4cc(C(C)(C)C(F)(F)F)on4)c3)c2cc1OC.COc1cc2ncnc(Oc3cccc(NC(=O)Nc4cc(C(C)(C)C(F)(F)F)on4)c3)c2cc1OC.Cl. The monoisotopic (exact) mass is 1070 g/mol. The van der Waals surface area contributed by atoms with E-state index in [9.17, 15) is 35.9 Å². The van der Waals surface area contributed by atoms with E-state index in [4.69, 9.17) is 37.5 Å². The molecule has 0 atom stereocenters. The summed E-state index contributed by atoms with van der Waals surface area (Å²) in [4.78, 5) is 41.9. The molecule has 4 heterocycles. The summed E-state index contributed by atoms with van der Waals surface area (Å²) in [6.07, 6.45) is -6.51. The molecule has 18 nitrogen and oxygen atoms in total. The Bertz CT molecular complexity index is 3100. The number of aromatic nitrogens is 6. The van der Waals surface area contributed by atoms with Crippen LogP contribution >= 0.6 is 12.4 Å². The second-order valence-corrected chi connectivity index (χ2v) is 17.2. The van der Waals surface area contributed by atoms with Gasteiger partial charge < -0.3 is 42.8 Å². The predicted octanol–water partition coefficient (Wildman–Crippen LogP) is 12.0. The van der Waals surface area contributed by atoms with E-state index in [1.165, 1.54) is 53.2 Å². The third-order valence-corrected chi connectivity index (χ3v) is 11.4. The number of nitrogens with one attached hydrogen (secondary N) is 2. The number of benzene rings is 4. The van der Waals surface area contributed by atoms with Gasteiger partial charge in [0.1, 0.15) is 40.8 Å². The highest BCUT2D eigenvalue weighted by Gasteiger charge is 2.52. The smallest absolute Gasteiger partial charge is 0.401 e. The van der Waals surface area contributed by atoms with Crippen LogP contribution in [0.1, 0.15) is 50.5 Å². The minimum absolute atomic E-state index is 0. The number of hydrogen-bond donors (Lipinski definition) is 2. The molecule has 0 saturated carbocycles. The average molecular weight is 1070 g/mol. The van der Waals surface area contributed by atoms with Crippen molar-refractivity contribution in [1.29, 1.82) is 0 Å². The van der Waals surface area contributed by atoms with Gasteiger partial charge in [-0.25, -0.2) is 24.7 Å². The van der Waals surface area contributed by atoms with Gasteiger partial charge in [0, 0.05) is 42.4 Å². The van der Waals surface area contributed by atoms with E-state index in [1.807, 2.05) is 0 Å². The van der Waals surface area contributed by atoms with Crippen molar-refractivity contribution in [2.24, 2.45) is 0 Å². The fourth-order valence-corrected chi connectivity index (χ4v) is 6.83. The van der Waals surface area contributed by atoms with Gasteiger partial charge in [-0.15, -0.1) is 12.4 Å². The molecule has 0 radical (unpaired) electrons. The fraction of sp³-hybridized carbons (Fsp3) is 0.280. The Kier molecular flexibility index (Phi) is 17.0. The van der Waals surface area contributed by atoms with Crippen LogP contribution in [0.25, 0.3) is 21.8 Å². The number of anilines is 2. The largest absolute Gasteiger partial charge is 0.493 e. The zero-order chi connectivity index (χ0) is 53.6. The molecule has 75 heavy (non-hydrogen) atoms. The van der Waals surface area contributed by atoms with Crippen LogP contribution in [0.2, 0.25) is 0 Å². The van der Waals surface area contributed by atoms with Crippen molar-refractivity contribution in [3.8, 4) is 46.3 Å². The van der Waals surface area contributed by atoms with E-state index in [2.05, 4.69) is 40.9 Å². The highest BCUT2D eigenvalue weighted by Crippen LogP contribution is 2.43. The maximum absolute atomic E-state index is 13.2. The normalized spacial score (nSPS) is 11.7. The fourth-order valence-electron chi connectivity index (χ4n) is 6.83. The zero-order valence-corrected chi connectivity index (χ0v) is 41.9. The number of ketones is 1. The summed E-state index contributed by atoms with van der Waals surface area (Å²) < 4.78 is 122. The maximum atomic E-state index is 13.2. The Labute approximate surface area is 429 Å². The molecule has 8 rings (SSSR count). The highest BCUT2D eigenvalue weighted by atomic mass is 35.5. The standard InChI is InChI=1S/C26H24F3N3O5.C24H22F3N5O5.ClH/c1-25(2,26(27,28)29)23-11-16(32-37-23)10-17(33)8-15-6-5-7-18(9-15)36-24-19-12-21(34-3)22(35-4)13-20(19)30-14-31-24;1-23(2,24(25,26)27)19-11-20(32-37-19)31-22(33)30-13-6-5-7-14(8-13)36-21-15-9-17(34-3)18(35-4)10-16(15)28-12-29-21;/h5-7,9,11-14H,8,10H2,1-4H3;5-12H,1-4H3,(H2,30,31,32,33);1H. The Balaban J connectivity index is 0.000000241. The molecule has 0 spiro atoms. The molecule has 0 aliphatic rings. The van der Waals surface area contributed by atoms with Gasteiger partial charge in [-0.2, -0.15) is 26.3 Å². The average Bonchev–Trinajstić information content (AvgIpc) is 4.04. The molecule has 0 unspecified atom stereocenters. The molecule has 8 aromatic rings. The lowest BCUT2D eigenvalue weighted by Crippen LogP contribution is -2.35. The quantitative estimate of drug-likeness (QED) is 0.0860. The number of ether oxygens (including phenoxy) is 6. The van der Waals surface area contributed by atoms with Crippen molar-refractivity contribution in [1.82, 2.24) is 30.2 Å². The van der Waals surface area contributed by atoms with Gasteiger partial charge in [0.05, 0.1) is 62.4 Å². The second-order valence-electron chi connectivity index (χ2n) is 17.2. The first-order valence-electron chi connectivity index (χ1n) is 22.0. The van der Waals surface area contributed by atoms with Crippen LogP contribution in [0.4, 0.5) is 42.6 Å². The van der Waals surface area contributed by atoms with E-state index in [-0.39, 0.29) is 60.1 Å². The first kappa shape index (κ1) is 55.9. The lowest BCUT2D eigenvalue weighted by atomic mass is 9.89. The van der Waals surface area contributed by atoms with E-state index < -0.39 is 35.0 Å². The molecule has 0 saturated heterocycles. The topological polar surface area (TPSA) is 217 Å². The minimum atomic E-state index is -4.56. The number of halogens is 7. The lowest BCUT2D eigenvalue weighted by molar-refractivity contribution is -0.186. The second kappa shape index (κ2) is 22.8. The van der Waals surface area contributed by atoms with Crippen LogP contribution in [0.15, 0.2) is 107 Å². The first-order chi connectivity index (χ1) is 35.0. The molecular weight excluding hydrogens is 1020 g/mol. The number of amides is 2. The number of Topliss-reactive ketones (excluding diaryl/α,β-unsaturated/α-hetero) is 1. The molecule has 0 bridgehead atoms. The van der Waals surface area contributed by atoms with Gasteiger partial charge in [0.2, 0.25) is 11.8 Å². The van der Waals surface area contributed by atoms with Crippen LogP contribution in [0, 0.1) is 0 Å². The predicted molar refractivity (Wildman–Crippen MR) is 262 cm³/mol. The van der Waals surface area contributed by atoms with E-state index >= 15 is 0 Å². The molecule has 4 aromatic heterocycles. The van der Waals surface area contributed by atoms with Crippen LogP contribution in [-0.2, 0) is 28.5 Å². The maximum Gasteiger partial charge on any atom is 0.401 e. The van der Waals surface area contributed by atoms with Crippen molar-refractivity contribution in [3.63, 3.8) is 0 Å². The molecule has 25 heteroatoms. The first-order valence-corrected chi connectivity index (χ1v) is 22.0. The van der Waals surface area contributed by atoms with Crippen molar-refractivity contribution in [2.45, 2.75) is 63.7 Å². The Hall–Kier alpha value is -8.41. The van der Waals surface area contributed by atoms with Crippen LogP contribution in [0.5, 0.6) is 46.3 Å². The van der Waals surface area contributed by atoms with Gasteiger partial charge >= 0.3 is 18.4 Å². The van der Waals surface area contributed by atoms with Gasteiger partial charge in [-0.05, 0) is 69.7 Å². The van der Waals surface area contributed by atoms with Crippen molar-refractivity contribution in [2.75, 3.05) is 39.1 Å². The van der Waals surface area contributed by atoms with Crippen LogP contribution in [0.3, 0.4) is 0 Å². The van der Waals surface area contributed by atoms with Gasteiger partial charge in [-0.1, -0.05) is 28.5 Å². The van der Waals surface area contributed by atoms with Gasteiger partial charge in [0.15, 0.2) is 40.3 Å². The summed E-state index contributed by atoms with van der Waals surface area (Å²) in [6.45, 7) is 3.91. The van der Waals surface area contributed by atoms with E-state index in [0.29, 0.717) is 67.6 Å². The number of hydrogen-bond acceptors (Lipinski definition) is 16. The summed E-state index contributed by atoms with van der Waals surface area (Å²) in [5, 5.41) is 13.2. The highest BCUT2D eigenvalue weighted by molar-refractivity contribution is 5.99. The number of alkyl halides is 6. The summed E-state index contributed by atoms with van der Waals surface area (Å²) in [5.74, 6) is 2.10. The number of methoxy groups -OCH3 is 4. The van der Waals surface area contributed by atoms with Gasteiger partial charge in [0.25, 0.3) is 0 Å². The number of nitrogens with zero attached hydrogens (tertiary/aromatic N) is 6. The van der Waals surface area contributed by atoms with E-state index in [1.54, 1.807) is 66.7 Å². The zero-order valence-electron chi connectivity index (χ0n) is 41.1. The number of urea groups is 1. The lowest BCUT2D eigenvalue weighted by Gasteiger charge is -2.24. The Morgan fingerprint density at radius 2 is 1.04 bits per heavy atom. The number of carbonyl (C=O) groups excluding carboxylic acids is 2. The summed E-state index contributed by atoms with van der Waals surface area (Å²) >= 11 is 0. The van der Waals surface area contributed by atoms with Crippen LogP contribution < -0.4 is 39.1 Å². The third-order valence-electron chi connectivity index (χ3n) is 11.4. The number of rotatable bonds is 16. The molecule has 396 valence electrons. The van der Waals surface area contributed by atoms with Crippen molar-refractivity contribution in [3.05, 3.63) is 120 Å². The third kappa shape index (κ3) is 12.9. The molecule has 0 aliphatic heterocycles. The summed E-state index contributed by atoms with van der Waals surface area (Å²) in [7, 11) is 6.07. The van der Waals surface area contributed by atoms with Crippen LogP contribution in [-0.4, -0.2) is 82.9 Å². The molecule has 4 aromatic carbocycles. The Morgan fingerprint density at radius 3 is 1.56 bits per heavy atom. The molecule has 0 aliphatic carbocycles. The summed E-state index contributed by atoms with van der Waals surface area (Å²) in [6, 6.07) is 21.6. The molecule has 2 N–H and O–H groups in total. The molecule has 2 amide bonds. The Morgan fingerprint density at radius 1 is 0.560 bits per heavy atom. The number of carbonyl (C=O) groups is 2. The molecular formula is C50H47ClF6N8O10. The molecule has 0 fully saturated rings. The van der Waals surface area contributed by atoms with E-state index in [0.717, 1.165) is 33.8 Å². The van der Waals surface area contributed by atoms with Crippen molar-refractivity contribution < 1.29 is 73.4 Å². The minimum Gasteiger partial charge on any atom is -0.493 e. The van der Waals surface area contributed by atoms with Crippen molar-refractivity contribution >= 4 is 57.5 Å². The number of fused-ring (bicyclic) bond motifs is 2.